The molecule has 1 aromatic heterocycles. The number of aromatic amines is 1. The molecule has 1 heterocycles. The number of amides is 1. The molecule has 146 valence electrons. The number of hydrogen-bond acceptors (Lipinski definition) is 3. The van der Waals surface area contributed by atoms with Crippen molar-refractivity contribution in [2.24, 2.45) is 0 Å². The average molecular weight is 385 g/mol. The van der Waals surface area contributed by atoms with E-state index in [1.165, 1.54) is 10.8 Å². The van der Waals surface area contributed by atoms with Crippen molar-refractivity contribution in [3.8, 4) is 22.5 Å². The second-order valence-corrected chi connectivity index (χ2v) is 7.10. The summed E-state index contributed by atoms with van der Waals surface area (Å²) in [6.07, 6.45) is 0. The highest BCUT2D eigenvalue weighted by molar-refractivity contribution is 5.96. The van der Waals surface area contributed by atoms with Crippen LogP contribution in [0.2, 0.25) is 0 Å². The first-order valence-corrected chi connectivity index (χ1v) is 9.59. The SMILES string of the molecule is COC[C@H](C)NC(=O)c1ccc(-c2cc(-c3cccc4ccccc34)[nH]n2)cc1. The van der Waals surface area contributed by atoms with Gasteiger partial charge in [0.25, 0.3) is 5.91 Å². The Kier molecular flexibility index (Phi) is 5.40. The van der Waals surface area contributed by atoms with Gasteiger partial charge in [0.15, 0.2) is 0 Å². The van der Waals surface area contributed by atoms with Gasteiger partial charge in [-0.25, -0.2) is 0 Å². The van der Waals surface area contributed by atoms with Gasteiger partial charge in [-0.15, -0.1) is 0 Å². The van der Waals surface area contributed by atoms with Gasteiger partial charge in [-0.05, 0) is 35.9 Å². The molecule has 5 nitrogen and oxygen atoms in total. The predicted octanol–water partition coefficient (Wildman–Crippen LogP) is 4.66. The maximum atomic E-state index is 12.3. The lowest BCUT2D eigenvalue weighted by atomic mass is 10.0. The van der Waals surface area contributed by atoms with Crippen molar-refractivity contribution in [2.45, 2.75) is 13.0 Å². The van der Waals surface area contributed by atoms with E-state index in [2.05, 4.69) is 45.8 Å². The van der Waals surface area contributed by atoms with Crippen LogP contribution in [0.5, 0.6) is 0 Å². The fraction of sp³-hybridized carbons (Fsp3) is 0.167. The van der Waals surface area contributed by atoms with Crippen LogP contribution in [0.3, 0.4) is 0 Å². The lowest BCUT2D eigenvalue weighted by Gasteiger charge is -2.12. The van der Waals surface area contributed by atoms with Gasteiger partial charge in [0.05, 0.1) is 18.0 Å². The number of fused-ring (bicyclic) bond motifs is 1. The van der Waals surface area contributed by atoms with Crippen LogP contribution in [0.15, 0.2) is 72.8 Å². The topological polar surface area (TPSA) is 67.0 Å². The maximum Gasteiger partial charge on any atom is 0.251 e. The number of carbonyl (C=O) groups excluding carboxylic acids is 1. The number of rotatable bonds is 6. The van der Waals surface area contributed by atoms with Crippen LogP contribution in [0.4, 0.5) is 0 Å². The van der Waals surface area contributed by atoms with Gasteiger partial charge in [-0.3, -0.25) is 9.89 Å². The van der Waals surface area contributed by atoms with Crippen LogP contribution >= 0.6 is 0 Å². The quantitative estimate of drug-likeness (QED) is 0.507. The summed E-state index contributed by atoms with van der Waals surface area (Å²) in [5.74, 6) is -0.112. The molecule has 5 heteroatoms. The van der Waals surface area contributed by atoms with Crippen LogP contribution in [-0.2, 0) is 4.74 Å². The van der Waals surface area contributed by atoms with Crippen molar-refractivity contribution >= 4 is 16.7 Å². The van der Waals surface area contributed by atoms with Crippen molar-refractivity contribution < 1.29 is 9.53 Å². The Balaban J connectivity index is 1.56. The molecule has 0 aliphatic carbocycles. The first kappa shape index (κ1) is 18.9. The van der Waals surface area contributed by atoms with Crippen LogP contribution in [0.1, 0.15) is 17.3 Å². The van der Waals surface area contributed by atoms with E-state index in [4.69, 9.17) is 4.74 Å². The number of benzene rings is 3. The summed E-state index contributed by atoms with van der Waals surface area (Å²) in [5.41, 5.74) is 4.49. The standard InChI is InChI=1S/C24H23N3O2/c1-16(15-29-2)25-24(28)19-12-10-18(11-13-19)22-14-23(27-26-22)21-9-5-7-17-6-3-4-8-20(17)21/h3-14,16H,15H2,1-2H3,(H,25,28)(H,26,27)/t16-/m0/s1. The maximum absolute atomic E-state index is 12.3. The number of carbonyl (C=O) groups is 1. The number of aromatic nitrogens is 2. The Morgan fingerprint density at radius 1 is 1.07 bits per heavy atom. The van der Waals surface area contributed by atoms with Crippen molar-refractivity contribution in [1.82, 2.24) is 15.5 Å². The van der Waals surface area contributed by atoms with Gasteiger partial charge >= 0.3 is 0 Å². The molecule has 0 spiro atoms. The second kappa shape index (κ2) is 8.29. The van der Waals surface area contributed by atoms with E-state index in [0.717, 1.165) is 22.5 Å². The van der Waals surface area contributed by atoms with Crippen LogP contribution in [-0.4, -0.2) is 35.9 Å². The van der Waals surface area contributed by atoms with Crippen LogP contribution in [0, 0.1) is 0 Å². The number of H-pyrrole nitrogens is 1. The zero-order chi connectivity index (χ0) is 20.2. The fourth-order valence-electron chi connectivity index (χ4n) is 3.46. The van der Waals surface area contributed by atoms with Crippen LogP contribution in [0.25, 0.3) is 33.3 Å². The molecule has 0 aliphatic heterocycles. The Bertz CT molecular complexity index is 1130. The molecular weight excluding hydrogens is 362 g/mol. The summed E-state index contributed by atoms with van der Waals surface area (Å²) in [6.45, 7) is 2.39. The number of hydrogen-bond donors (Lipinski definition) is 2. The molecule has 29 heavy (non-hydrogen) atoms. The Morgan fingerprint density at radius 3 is 2.62 bits per heavy atom. The molecule has 0 radical (unpaired) electrons. The third kappa shape index (κ3) is 4.05. The van der Waals surface area contributed by atoms with E-state index in [0.29, 0.717) is 12.2 Å². The number of nitrogens with one attached hydrogen (secondary N) is 2. The zero-order valence-corrected chi connectivity index (χ0v) is 16.5. The van der Waals surface area contributed by atoms with Gasteiger partial charge < -0.3 is 10.1 Å². The summed E-state index contributed by atoms with van der Waals surface area (Å²) in [5, 5.41) is 12.9. The van der Waals surface area contributed by atoms with E-state index in [9.17, 15) is 4.79 Å². The summed E-state index contributed by atoms with van der Waals surface area (Å²) < 4.78 is 5.06. The molecule has 0 fully saturated rings. The molecule has 4 rings (SSSR count). The molecule has 0 unspecified atom stereocenters. The average Bonchev–Trinajstić information content (AvgIpc) is 3.23. The Morgan fingerprint density at radius 2 is 1.83 bits per heavy atom. The van der Waals surface area contributed by atoms with Gasteiger partial charge in [-0.1, -0.05) is 54.6 Å². The highest BCUT2D eigenvalue weighted by Gasteiger charge is 2.12. The van der Waals surface area contributed by atoms with Crippen molar-refractivity contribution in [2.75, 3.05) is 13.7 Å². The van der Waals surface area contributed by atoms with E-state index >= 15 is 0 Å². The zero-order valence-electron chi connectivity index (χ0n) is 16.5. The minimum atomic E-state index is -0.112. The minimum Gasteiger partial charge on any atom is -0.383 e. The van der Waals surface area contributed by atoms with Gasteiger partial charge in [0, 0.05) is 29.8 Å². The Hall–Kier alpha value is -3.44. The van der Waals surface area contributed by atoms with Crippen LogP contribution < -0.4 is 5.32 Å². The summed E-state index contributed by atoms with van der Waals surface area (Å²) in [7, 11) is 1.62. The van der Waals surface area contributed by atoms with Crippen molar-refractivity contribution in [3.63, 3.8) is 0 Å². The normalized spacial score (nSPS) is 12.1. The van der Waals surface area contributed by atoms with Crippen molar-refractivity contribution in [3.05, 3.63) is 78.4 Å². The van der Waals surface area contributed by atoms with Gasteiger partial charge in [-0.2, -0.15) is 5.10 Å². The third-order valence-electron chi connectivity index (χ3n) is 4.89. The highest BCUT2D eigenvalue weighted by Crippen LogP contribution is 2.29. The monoisotopic (exact) mass is 385 g/mol. The summed E-state index contributed by atoms with van der Waals surface area (Å²) >= 11 is 0. The van der Waals surface area contributed by atoms with E-state index in [1.807, 2.05) is 49.4 Å². The van der Waals surface area contributed by atoms with Crippen molar-refractivity contribution in [1.29, 1.82) is 0 Å². The number of nitrogens with zero attached hydrogens (tertiary/aromatic N) is 1. The molecule has 1 amide bonds. The van der Waals surface area contributed by atoms with Gasteiger partial charge in [0.1, 0.15) is 0 Å². The first-order valence-electron chi connectivity index (χ1n) is 9.59. The summed E-state index contributed by atoms with van der Waals surface area (Å²) in [4.78, 5) is 12.3. The predicted molar refractivity (Wildman–Crippen MR) is 116 cm³/mol. The van der Waals surface area contributed by atoms with E-state index < -0.39 is 0 Å². The number of methoxy groups -OCH3 is 1. The smallest absolute Gasteiger partial charge is 0.251 e. The molecule has 0 saturated heterocycles. The molecule has 4 aromatic rings. The molecule has 0 bridgehead atoms. The largest absolute Gasteiger partial charge is 0.383 e. The minimum absolute atomic E-state index is 0.0400. The lowest BCUT2D eigenvalue weighted by Crippen LogP contribution is -2.35. The molecule has 2 N–H and O–H groups in total. The van der Waals surface area contributed by atoms with E-state index in [-0.39, 0.29) is 11.9 Å². The summed E-state index contributed by atoms with van der Waals surface area (Å²) in [6, 6.07) is 24.0. The lowest BCUT2D eigenvalue weighted by molar-refractivity contribution is 0.0905. The molecular formula is C24H23N3O2. The van der Waals surface area contributed by atoms with Gasteiger partial charge in [0.2, 0.25) is 0 Å². The fourth-order valence-corrected chi connectivity index (χ4v) is 3.46. The molecule has 0 aliphatic rings. The number of ether oxygens (including phenoxy) is 1. The highest BCUT2D eigenvalue weighted by atomic mass is 16.5. The molecule has 0 saturated carbocycles. The van der Waals surface area contributed by atoms with E-state index in [1.54, 1.807) is 7.11 Å². The Labute approximate surface area is 169 Å². The molecule has 3 aromatic carbocycles. The first-order chi connectivity index (χ1) is 14.2. The second-order valence-electron chi connectivity index (χ2n) is 7.10. The molecule has 1 atom stereocenters. The third-order valence-corrected chi connectivity index (χ3v) is 4.89.